The van der Waals surface area contributed by atoms with Gasteiger partial charge in [0.25, 0.3) is 0 Å². The van der Waals surface area contributed by atoms with E-state index >= 15 is 0 Å². The van der Waals surface area contributed by atoms with Crippen molar-refractivity contribution in [1.82, 2.24) is 9.97 Å². The van der Waals surface area contributed by atoms with Gasteiger partial charge in [0.15, 0.2) is 9.84 Å². The van der Waals surface area contributed by atoms with Gasteiger partial charge in [-0.25, -0.2) is 13.4 Å². The minimum atomic E-state index is -3.32. The Balaban J connectivity index is 1.24. The molecule has 1 spiro atoms. The highest BCUT2D eigenvalue weighted by atomic mass is 32.2. The van der Waals surface area contributed by atoms with E-state index in [2.05, 4.69) is 24.1 Å². The molecule has 2 heterocycles. The molecule has 1 aliphatic heterocycles. The third-order valence-electron chi connectivity index (χ3n) is 8.87. The number of benzene rings is 1. The largest absolute Gasteiger partial charge is 0.324 e. The van der Waals surface area contributed by atoms with Crippen LogP contribution in [0.2, 0.25) is 0 Å². The minimum Gasteiger partial charge on any atom is -0.324 e. The third-order valence-corrected chi connectivity index (χ3v) is 11.0. The molecule has 0 unspecified atom stereocenters. The lowest BCUT2D eigenvalue weighted by Crippen LogP contribution is -2.39. The zero-order valence-electron chi connectivity index (χ0n) is 20.8. The maximum absolute atomic E-state index is 13.3. The van der Waals surface area contributed by atoms with Crippen LogP contribution in [-0.2, 0) is 20.0 Å². The summed E-state index contributed by atoms with van der Waals surface area (Å²) in [4.78, 5) is 25.0. The summed E-state index contributed by atoms with van der Waals surface area (Å²) in [5, 5.41) is 3.00. The molecule has 3 fully saturated rings. The molecule has 4 aliphatic rings. The van der Waals surface area contributed by atoms with E-state index in [1.165, 1.54) is 0 Å². The van der Waals surface area contributed by atoms with Crippen molar-refractivity contribution < 1.29 is 13.2 Å². The third kappa shape index (κ3) is 3.59. The highest BCUT2D eigenvalue weighted by molar-refractivity contribution is 7.92. The van der Waals surface area contributed by atoms with Gasteiger partial charge in [-0.05, 0) is 81.0 Å². The maximum Gasteiger partial charge on any atom is 0.239 e. The number of aromatic nitrogens is 2. The number of aryl methyl sites for hydroxylation is 1. The normalized spacial score (nSPS) is 25.3. The molecule has 3 saturated carbocycles. The van der Waals surface area contributed by atoms with Crippen LogP contribution in [0.25, 0.3) is 0 Å². The maximum atomic E-state index is 13.3. The van der Waals surface area contributed by atoms with E-state index < -0.39 is 15.3 Å². The molecule has 3 aliphatic carbocycles. The van der Waals surface area contributed by atoms with E-state index in [1.54, 1.807) is 18.2 Å². The van der Waals surface area contributed by atoms with Crippen LogP contribution in [0.3, 0.4) is 0 Å². The number of amides is 1. The number of rotatable bonds is 6. The lowest BCUT2D eigenvalue weighted by Gasteiger charge is -2.37. The molecule has 2 aromatic rings. The van der Waals surface area contributed by atoms with Crippen LogP contribution in [0.5, 0.6) is 0 Å². The van der Waals surface area contributed by atoms with Crippen molar-refractivity contribution in [2.24, 2.45) is 11.8 Å². The predicted octanol–water partition coefficient (Wildman–Crippen LogP) is 5.06. The molecule has 186 valence electrons. The van der Waals surface area contributed by atoms with E-state index in [-0.39, 0.29) is 17.2 Å². The summed E-state index contributed by atoms with van der Waals surface area (Å²) in [7, 11) is -3.32. The highest BCUT2D eigenvalue weighted by Gasteiger charge is 2.61. The Bertz CT molecular complexity index is 1290. The topological polar surface area (TPSA) is 92.3 Å². The van der Waals surface area contributed by atoms with Gasteiger partial charge in [-0.1, -0.05) is 26.7 Å². The summed E-state index contributed by atoms with van der Waals surface area (Å²) >= 11 is 0. The first kappa shape index (κ1) is 23.0. The second-order valence-corrected chi connectivity index (χ2v) is 13.6. The van der Waals surface area contributed by atoms with Gasteiger partial charge < -0.3 is 5.32 Å². The standard InChI is InChI=1S/C27H34N4O3S/c1-16(2)18-13-21(14-18)35(33,34)20-8-9-23(17(3)12-20)29-26-28-15-22-24(30-26)31(19-6-4-5-7-19)25(32)27(22)10-11-27/h8-9,12,15-16,18-19,21H,4-7,10-11,13-14H2,1-3H3,(H,28,29,30). The number of hydrogen-bond acceptors (Lipinski definition) is 6. The van der Waals surface area contributed by atoms with Crippen LogP contribution in [0.15, 0.2) is 29.3 Å². The number of hydrogen-bond donors (Lipinski definition) is 1. The Morgan fingerprint density at radius 3 is 2.49 bits per heavy atom. The second-order valence-electron chi connectivity index (χ2n) is 11.4. The van der Waals surface area contributed by atoms with Gasteiger partial charge in [-0.3, -0.25) is 9.69 Å². The Morgan fingerprint density at radius 1 is 1.14 bits per heavy atom. The van der Waals surface area contributed by atoms with Crippen molar-refractivity contribution in [3.05, 3.63) is 35.5 Å². The van der Waals surface area contributed by atoms with Crippen LogP contribution >= 0.6 is 0 Å². The summed E-state index contributed by atoms with van der Waals surface area (Å²) in [5.41, 5.74) is 2.18. The second kappa shape index (κ2) is 8.02. The van der Waals surface area contributed by atoms with Crippen molar-refractivity contribution in [2.45, 2.75) is 93.7 Å². The first-order valence-corrected chi connectivity index (χ1v) is 14.6. The minimum absolute atomic E-state index is 0.201. The quantitative estimate of drug-likeness (QED) is 0.604. The number of nitrogens with zero attached hydrogens (tertiary/aromatic N) is 3. The SMILES string of the molecule is Cc1cc(S(=O)(=O)C2CC(C(C)C)C2)ccc1Nc1ncc2c(n1)N(C1CCCC1)C(=O)C21CC1. The predicted molar refractivity (Wildman–Crippen MR) is 136 cm³/mol. The Hall–Kier alpha value is -2.48. The average Bonchev–Trinajstić information content (AvgIpc) is 3.33. The van der Waals surface area contributed by atoms with Crippen molar-refractivity contribution in [2.75, 3.05) is 10.2 Å². The lowest BCUT2D eigenvalue weighted by molar-refractivity contribution is -0.120. The van der Waals surface area contributed by atoms with E-state index in [9.17, 15) is 13.2 Å². The average molecular weight is 495 g/mol. The smallest absolute Gasteiger partial charge is 0.239 e. The Kier molecular flexibility index (Phi) is 5.26. The monoisotopic (exact) mass is 494 g/mol. The van der Waals surface area contributed by atoms with Crippen molar-refractivity contribution in [1.29, 1.82) is 0 Å². The molecule has 0 bridgehead atoms. The molecular formula is C27H34N4O3S. The summed E-state index contributed by atoms with van der Waals surface area (Å²) in [6, 6.07) is 5.48. The fraction of sp³-hybridized carbons (Fsp3) is 0.593. The highest BCUT2D eigenvalue weighted by Crippen LogP contribution is 2.58. The van der Waals surface area contributed by atoms with Gasteiger partial charge in [0.1, 0.15) is 5.82 Å². The number of sulfone groups is 1. The molecule has 1 aromatic heterocycles. The molecule has 7 nitrogen and oxygen atoms in total. The van der Waals surface area contributed by atoms with Crippen molar-refractivity contribution in [3.63, 3.8) is 0 Å². The molecule has 6 rings (SSSR count). The molecule has 1 amide bonds. The van der Waals surface area contributed by atoms with E-state index in [4.69, 9.17) is 4.98 Å². The molecule has 1 aromatic carbocycles. The Labute approximate surface area is 207 Å². The van der Waals surface area contributed by atoms with Crippen molar-refractivity contribution in [3.8, 4) is 0 Å². The fourth-order valence-electron chi connectivity index (χ4n) is 6.18. The molecule has 35 heavy (non-hydrogen) atoms. The van der Waals surface area contributed by atoms with Crippen LogP contribution in [-0.4, -0.2) is 35.6 Å². The summed E-state index contributed by atoms with van der Waals surface area (Å²) in [5.74, 6) is 2.43. The van der Waals surface area contributed by atoms with Crippen LogP contribution < -0.4 is 10.2 Å². The Morgan fingerprint density at radius 2 is 1.86 bits per heavy atom. The molecule has 0 saturated heterocycles. The number of anilines is 3. The summed E-state index contributed by atoms with van der Waals surface area (Å²) in [6.45, 7) is 6.22. The van der Waals surface area contributed by atoms with E-state index in [0.717, 1.165) is 74.0 Å². The number of nitrogens with one attached hydrogen (secondary N) is 1. The van der Waals surface area contributed by atoms with Crippen LogP contribution in [0.1, 0.15) is 76.3 Å². The van der Waals surface area contributed by atoms with E-state index in [1.807, 2.05) is 18.0 Å². The van der Waals surface area contributed by atoms with Gasteiger partial charge in [0, 0.05) is 23.5 Å². The molecule has 0 radical (unpaired) electrons. The number of fused-ring (bicyclic) bond motifs is 2. The summed E-state index contributed by atoms with van der Waals surface area (Å²) in [6.07, 6.45) is 9.45. The fourth-order valence-corrected chi connectivity index (χ4v) is 8.16. The zero-order chi connectivity index (χ0) is 24.5. The molecule has 0 atom stereocenters. The van der Waals surface area contributed by atoms with Crippen LogP contribution in [0.4, 0.5) is 17.5 Å². The van der Waals surface area contributed by atoms with Gasteiger partial charge in [0.2, 0.25) is 11.9 Å². The van der Waals surface area contributed by atoms with Gasteiger partial charge in [-0.2, -0.15) is 4.98 Å². The molecular weight excluding hydrogens is 460 g/mol. The van der Waals surface area contributed by atoms with Crippen molar-refractivity contribution >= 4 is 33.2 Å². The first-order chi connectivity index (χ1) is 16.7. The van der Waals surface area contributed by atoms with Gasteiger partial charge >= 0.3 is 0 Å². The summed E-state index contributed by atoms with van der Waals surface area (Å²) < 4.78 is 26.2. The molecule has 8 heteroatoms. The number of carbonyl (C=O) groups is 1. The molecule has 1 N–H and O–H groups in total. The van der Waals surface area contributed by atoms with E-state index in [0.29, 0.717) is 22.7 Å². The number of carbonyl (C=O) groups excluding carboxylic acids is 1. The first-order valence-electron chi connectivity index (χ1n) is 13.0. The van der Waals surface area contributed by atoms with Gasteiger partial charge in [-0.15, -0.1) is 0 Å². The van der Waals surface area contributed by atoms with Gasteiger partial charge in [0.05, 0.1) is 15.6 Å². The van der Waals surface area contributed by atoms with Crippen LogP contribution in [0, 0.1) is 18.8 Å². The zero-order valence-corrected chi connectivity index (χ0v) is 21.6. The lowest BCUT2D eigenvalue weighted by atomic mass is 9.77.